The number of hydrogen-bond donors (Lipinski definition) is 1. The summed E-state index contributed by atoms with van der Waals surface area (Å²) < 4.78 is 5.60. The van der Waals surface area contributed by atoms with E-state index in [9.17, 15) is 4.79 Å². The van der Waals surface area contributed by atoms with Crippen LogP contribution in [0.25, 0.3) is 11.0 Å². The smallest absolute Gasteiger partial charge is 0.255 e. The van der Waals surface area contributed by atoms with Crippen molar-refractivity contribution in [3.05, 3.63) is 59.4 Å². The van der Waals surface area contributed by atoms with Gasteiger partial charge >= 0.3 is 0 Å². The van der Waals surface area contributed by atoms with Crippen LogP contribution in [0.4, 0.5) is 5.69 Å². The second-order valence-corrected chi connectivity index (χ2v) is 6.24. The molecule has 128 valence electrons. The number of ether oxygens (including phenoxy) is 1. The van der Waals surface area contributed by atoms with Crippen molar-refractivity contribution in [1.29, 1.82) is 0 Å². The van der Waals surface area contributed by atoms with E-state index in [1.54, 1.807) is 12.1 Å². The number of anilines is 1. The summed E-state index contributed by atoms with van der Waals surface area (Å²) in [5.41, 5.74) is 4.53. The van der Waals surface area contributed by atoms with E-state index in [2.05, 4.69) is 15.3 Å². The molecule has 2 aromatic carbocycles. The molecule has 5 heteroatoms. The van der Waals surface area contributed by atoms with E-state index in [-0.39, 0.29) is 12.0 Å². The normalized spacial score (nSPS) is 10.9. The number of hydrogen-bond acceptors (Lipinski definition) is 4. The Morgan fingerprint density at radius 3 is 2.24 bits per heavy atom. The maximum absolute atomic E-state index is 12.5. The molecule has 0 saturated carbocycles. The second-order valence-electron chi connectivity index (χ2n) is 6.24. The number of nitrogens with one attached hydrogen (secondary N) is 1. The number of aryl methyl sites for hydroxylation is 2. The molecular formula is C20H21N3O2. The van der Waals surface area contributed by atoms with Crippen LogP contribution in [-0.2, 0) is 0 Å². The first kappa shape index (κ1) is 16.9. The zero-order valence-electron chi connectivity index (χ0n) is 14.8. The van der Waals surface area contributed by atoms with Gasteiger partial charge in [-0.25, -0.2) is 9.97 Å². The summed E-state index contributed by atoms with van der Waals surface area (Å²) >= 11 is 0. The second kappa shape index (κ2) is 6.89. The Balaban J connectivity index is 1.78. The van der Waals surface area contributed by atoms with Crippen LogP contribution in [0.5, 0.6) is 5.75 Å². The maximum atomic E-state index is 12.5. The maximum Gasteiger partial charge on any atom is 0.255 e. The highest BCUT2D eigenvalue weighted by molar-refractivity contribution is 6.05. The Morgan fingerprint density at radius 2 is 1.60 bits per heavy atom. The molecular weight excluding hydrogens is 314 g/mol. The van der Waals surface area contributed by atoms with Crippen molar-refractivity contribution in [2.24, 2.45) is 0 Å². The summed E-state index contributed by atoms with van der Waals surface area (Å²) in [6.45, 7) is 7.79. The Kier molecular flexibility index (Phi) is 4.65. The molecule has 0 unspecified atom stereocenters. The minimum atomic E-state index is -0.181. The van der Waals surface area contributed by atoms with Crippen LogP contribution >= 0.6 is 0 Å². The third-order valence-electron chi connectivity index (χ3n) is 3.82. The number of rotatable bonds is 4. The molecule has 1 N–H and O–H groups in total. The summed E-state index contributed by atoms with van der Waals surface area (Å²) in [5, 5.41) is 2.89. The number of fused-ring (bicyclic) bond motifs is 1. The first-order valence-corrected chi connectivity index (χ1v) is 8.25. The van der Waals surface area contributed by atoms with Crippen LogP contribution in [0.3, 0.4) is 0 Å². The third-order valence-corrected chi connectivity index (χ3v) is 3.82. The van der Waals surface area contributed by atoms with E-state index in [1.807, 2.05) is 58.0 Å². The predicted octanol–water partition coefficient (Wildman–Crippen LogP) is 4.29. The molecule has 0 bridgehead atoms. The molecule has 1 aromatic heterocycles. The highest BCUT2D eigenvalue weighted by Crippen LogP contribution is 2.19. The Bertz CT molecular complexity index is 918. The molecule has 0 aliphatic carbocycles. The van der Waals surface area contributed by atoms with E-state index in [0.29, 0.717) is 11.3 Å². The van der Waals surface area contributed by atoms with Gasteiger partial charge in [0.05, 0.1) is 28.5 Å². The van der Waals surface area contributed by atoms with Gasteiger partial charge in [0, 0.05) is 11.3 Å². The summed E-state index contributed by atoms with van der Waals surface area (Å²) in [7, 11) is 0. The molecule has 0 radical (unpaired) electrons. The molecule has 1 heterocycles. The van der Waals surface area contributed by atoms with Gasteiger partial charge in [-0.05, 0) is 70.2 Å². The van der Waals surface area contributed by atoms with E-state index in [1.165, 1.54) is 0 Å². The average molecular weight is 335 g/mol. The molecule has 3 rings (SSSR count). The van der Waals surface area contributed by atoms with Gasteiger partial charge in [-0.3, -0.25) is 4.79 Å². The Labute approximate surface area is 147 Å². The highest BCUT2D eigenvalue weighted by atomic mass is 16.5. The molecule has 0 saturated heterocycles. The van der Waals surface area contributed by atoms with Crippen molar-refractivity contribution in [3.8, 4) is 5.75 Å². The van der Waals surface area contributed by atoms with Gasteiger partial charge < -0.3 is 10.1 Å². The summed E-state index contributed by atoms with van der Waals surface area (Å²) in [5.74, 6) is 0.597. The first-order chi connectivity index (χ1) is 11.9. The Hall–Kier alpha value is -2.95. The Morgan fingerprint density at radius 1 is 0.960 bits per heavy atom. The molecule has 0 fully saturated rings. The van der Waals surface area contributed by atoms with Crippen molar-refractivity contribution < 1.29 is 9.53 Å². The minimum Gasteiger partial charge on any atom is -0.491 e. The number of amides is 1. The fraction of sp³-hybridized carbons (Fsp3) is 0.250. The van der Waals surface area contributed by atoms with Gasteiger partial charge in [-0.1, -0.05) is 0 Å². The largest absolute Gasteiger partial charge is 0.491 e. The monoisotopic (exact) mass is 335 g/mol. The van der Waals surface area contributed by atoms with Crippen LogP contribution in [-0.4, -0.2) is 22.0 Å². The fourth-order valence-electron chi connectivity index (χ4n) is 2.46. The molecule has 3 aromatic rings. The lowest BCUT2D eigenvalue weighted by molar-refractivity contribution is 0.102. The van der Waals surface area contributed by atoms with Gasteiger partial charge in [0.2, 0.25) is 0 Å². The quantitative estimate of drug-likeness (QED) is 0.772. The van der Waals surface area contributed by atoms with Crippen molar-refractivity contribution in [2.45, 2.75) is 33.8 Å². The molecule has 25 heavy (non-hydrogen) atoms. The van der Waals surface area contributed by atoms with Crippen molar-refractivity contribution in [1.82, 2.24) is 9.97 Å². The van der Waals surface area contributed by atoms with Gasteiger partial charge in [0.25, 0.3) is 5.91 Å². The van der Waals surface area contributed by atoms with Crippen LogP contribution in [0.1, 0.15) is 35.6 Å². The first-order valence-electron chi connectivity index (χ1n) is 8.25. The molecule has 0 aliphatic heterocycles. The zero-order chi connectivity index (χ0) is 18.0. The van der Waals surface area contributed by atoms with Crippen LogP contribution in [0, 0.1) is 13.8 Å². The van der Waals surface area contributed by atoms with Crippen molar-refractivity contribution in [2.75, 3.05) is 5.32 Å². The summed E-state index contributed by atoms with van der Waals surface area (Å²) in [6, 6.07) is 12.7. The van der Waals surface area contributed by atoms with Gasteiger partial charge in [0.1, 0.15) is 5.75 Å². The topological polar surface area (TPSA) is 64.1 Å². The number of nitrogens with zero attached hydrogens (tertiary/aromatic N) is 2. The lowest BCUT2D eigenvalue weighted by Crippen LogP contribution is -2.12. The van der Waals surface area contributed by atoms with Crippen molar-refractivity contribution in [3.63, 3.8) is 0 Å². The highest BCUT2D eigenvalue weighted by Gasteiger charge is 2.09. The minimum absolute atomic E-state index is 0.117. The lowest BCUT2D eigenvalue weighted by atomic mass is 10.1. The third kappa shape index (κ3) is 3.94. The number of aromatic nitrogens is 2. The van der Waals surface area contributed by atoms with E-state index in [0.717, 1.165) is 28.2 Å². The SMILES string of the molecule is Cc1nc2ccc(C(=O)Nc3ccc(OC(C)C)cc3)cc2nc1C. The standard InChI is InChI=1S/C20H21N3O2/c1-12(2)25-17-8-6-16(7-9-17)23-20(24)15-5-10-18-19(11-15)22-14(4)13(3)21-18/h5-12H,1-4H3,(H,23,24). The molecule has 5 nitrogen and oxygen atoms in total. The van der Waals surface area contributed by atoms with E-state index in [4.69, 9.17) is 4.74 Å². The van der Waals surface area contributed by atoms with Gasteiger partial charge in [-0.15, -0.1) is 0 Å². The van der Waals surface area contributed by atoms with E-state index < -0.39 is 0 Å². The van der Waals surface area contributed by atoms with E-state index >= 15 is 0 Å². The molecule has 0 atom stereocenters. The molecule has 1 amide bonds. The summed E-state index contributed by atoms with van der Waals surface area (Å²) in [4.78, 5) is 21.5. The number of carbonyl (C=O) groups excluding carboxylic acids is 1. The van der Waals surface area contributed by atoms with Gasteiger partial charge in [-0.2, -0.15) is 0 Å². The zero-order valence-corrected chi connectivity index (χ0v) is 14.8. The van der Waals surface area contributed by atoms with Crippen LogP contribution < -0.4 is 10.1 Å². The van der Waals surface area contributed by atoms with Crippen LogP contribution in [0.2, 0.25) is 0 Å². The van der Waals surface area contributed by atoms with Crippen molar-refractivity contribution >= 4 is 22.6 Å². The lowest BCUT2D eigenvalue weighted by Gasteiger charge is -2.11. The number of benzene rings is 2. The fourth-order valence-corrected chi connectivity index (χ4v) is 2.46. The molecule has 0 spiro atoms. The summed E-state index contributed by atoms with van der Waals surface area (Å²) in [6.07, 6.45) is 0.117. The number of carbonyl (C=O) groups is 1. The predicted molar refractivity (Wildman–Crippen MR) is 99.2 cm³/mol. The average Bonchev–Trinajstić information content (AvgIpc) is 2.57. The van der Waals surface area contributed by atoms with Gasteiger partial charge in [0.15, 0.2) is 0 Å². The van der Waals surface area contributed by atoms with Crippen LogP contribution in [0.15, 0.2) is 42.5 Å². The molecule has 0 aliphatic rings.